The number of likely N-dealkylation sites (tertiary alicyclic amines) is 1. The van der Waals surface area contributed by atoms with Crippen molar-refractivity contribution < 1.29 is 19.5 Å². The van der Waals surface area contributed by atoms with Crippen LogP contribution in [-0.4, -0.2) is 92.9 Å². The predicted octanol–water partition coefficient (Wildman–Crippen LogP) is 0.501. The highest BCUT2D eigenvalue weighted by atomic mass is 32.2. The van der Waals surface area contributed by atoms with Gasteiger partial charge in [-0.2, -0.15) is 0 Å². The van der Waals surface area contributed by atoms with Gasteiger partial charge in [-0.1, -0.05) is 24.3 Å². The summed E-state index contributed by atoms with van der Waals surface area (Å²) in [6.45, 7) is 5.26. The SMILES string of the molecule is CC(C)N1CC=C[C@]23S[C@H]4C=CCN(C)C(=O)[C@H]4[C@H]2C(=O)N(CCCO)C3C1=O. The zero-order chi connectivity index (χ0) is 20.9. The van der Waals surface area contributed by atoms with Crippen molar-refractivity contribution >= 4 is 29.5 Å². The number of hydrogen-bond acceptors (Lipinski definition) is 5. The molecule has 2 saturated heterocycles. The maximum atomic E-state index is 13.6. The Morgan fingerprint density at radius 3 is 2.62 bits per heavy atom. The van der Waals surface area contributed by atoms with Crippen LogP contribution in [0.4, 0.5) is 0 Å². The Labute approximate surface area is 175 Å². The Bertz CT molecular complexity index is 782. The fourth-order valence-corrected chi connectivity index (χ4v) is 7.23. The second-order valence-corrected chi connectivity index (χ2v) is 10.1. The summed E-state index contributed by atoms with van der Waals surface area (Å²) >= 11 is 1.59. The van der Waals surface area contributed by atoms with E-state index in [-0.39, 0.29) is 35.6 Å². The summed E-state index contributed by atoms with van der Waals surface area (Å²) in [5, 5.41) is 9.23. The smallest absolute Gasteiger partial charge is 0.247 e. The predicted molar refractivity (Wildman–Crippen MR) is 111 cm³/mol. The number of nitrogens with zero attached hydrogens (tertiary/aromatic N) is 3. The number of likely N-dealkylation sites (N-methyl/N-ethyl adjacent to an activating group) is 1. The number of carbonyl (C=O) groups is 3. The molecular formula is C21H29N3O4S. The summed E-state index contributed by atoms with van der Waals surface area (Å²) < 4.78 is -0.749. The first kappa shape index (κ1) is 20.5. The van der Waals surface area contributed by atoms with Crippen LogP contribution >= 0.6 is 11.8 Å². The second-order valence-electron chi connectivity index (χ2n) is 8.58. The minimum absolute atomic E-state index is 0.0145. The summed E-state index contributed by atoms with van der Waals surface area (Å²) in [6, 6.07) is -0.628. The van der Waals surface area contributed by atoms with Gasteiger partial charge in [-0.3, -0.25) is 14.4 Å². The molecule has 4 aliphatic rings. The van der Waals surface area contributed by atoms with Crippen molar-refractivity contribution in [1.82, 2.24) is 14.7 Å². The third-order valence-electron chi connectivity index (χ3n) is 6.57. The van der Waals surface area contributed by atoms with Gasteiger partial charge in [-0.15, -0.1) is 11.8 Å². The van der Waals surface area contributed by atoms with Crippen LogP contribution in [0, 0.1) is 11.8 Å². The number of hydrogen-bond donors (Lipinski definition) is 1. The van der Waals surface area contributed by atoms with Crippen molar-refractivity contribution in [2.24, 2.45) is 11.8 Å². The molecule has 0 saturated carbocycles. The van der Waals surface area contributed by atoms with Crippen molar-refractivity contribution in [3.8, 4) is 0 Å². The van der Waals surface area contributed by atoms with Crippen molar-refractivity contribution in [2.45, 2.75) is 42.3 Å². The lowest BCUT2D eigenvalue weighted by Crippen LogP contribution is -2.54. The van der Waals surface area contributed by atoms with Gasteiger partial charge in [0.2, 0.25) is 17.7 Å². The van der Waals surface area contributed by atoms with E-state index in [4.69, 9.17) is 0 Å². The van der Waals surface area contributed by atoms with Gasteiger partial charge >= 0.3 is 0 Å². The van der Waals surface area contributed by atoms with Crippen molar-refractivity contribution in [3.63, 3.8) is 0 Å². The molecular weight excluding hydrogens is 390 g/mol. The summed E-state index contributed by atoms with van der Waals surface area (Å²) in [5.74, 6) is -1.26. The third-order valence-corrected chi connectivity index (χ3v) is 8.32. The fraction of sp³-hybridized carbons (Fsp3) is 0.667. The summed E-state index contributed by atoms with van der Waals surface area (Å²) in [4.78, 5) is 45.6. The van der Waals surface area contributed by atoms with E-state index in [0.29, 0.717) is 26.1 Å². The van der Waals surface area contributed by atoms with Crippen LogP contribution in [0.2, 0.25) is 0 Å². The summed E-state index contributed by atoms with van der Waals surface area (Å²) in [6.07, 6.45) is 8.45. The average molecular weight is 420 g/mol. The van der Waals surface area contributed by atoms with Crippen LogP contribution in [0.15, 0.2) is 24.3 Å². The maximum absolute atomic E-state index is 13.6. The molecule has 158 valence electrons. The molecule has 3 amide bonds. The maximum Gasteiger partial charge on any atom is 0.247 e. The Morgan fingerprint density at radius 2 is 1.93 bits per heavy atom. The highest BCUT2D eigenvalue weighted by Gasteiger charge is 2.70. The van der Waals surface area contributed by atoms with E-state index in [1.54, 1.807) is 33.5 Å². The highest BCUT2D eigenvalue weighted by molar-refractivity contribution is 8.02. The van der Waals surface area contributed by atoms with E-state index in [9.17, 15) is 19.5 Å². The zero-order valence-electron chi connectivity index (χ0n) is 17.2. The first-order chi connectivity index (χ1) is 13.8. The van der Waals surface area contributed by atoms with E-state index in [0.717, 1.165) is 0 Å². The lowest BCUT2D eigenvalue weighted by molar-refractivity contribution is -0.144. The quantitative estimate of drug-likeness (QED) is 0.672. The molecule has 4 aliphatic heterocycles. The molecule has 0 aromatic carbocycles. The molecule has 29 heavy (non-hydrogen) atoms. The molecule has 8 heteroatoms. The Kier molecular flexibility index (Phi) is 5.27. The molecule has 5 atom stereocenters. The molecule has 0 aromatic heterocycles. The van der Waals surface area contributed by atoms with Gasteiger partial charge in [0.1, 0.15) is 6.04 Å². The molecule has 1 unspecified atom stereocenters. The number of rotatable bonds is 4. The Morgan fingerprint density at radius 1 is 1.17 bits per heavy atom. The van der Waals surface area contributed by atoms with Gasteiger partial charge < -0.3 is 19.8 Å². The van der Waals surface area contributed by atoms with Gasteiger partial charge in [0.25, 0.3) is 0 Å². The molecule has 4 heterocycles. The van der Waals surface area contributed by atoms with Gasteiger partial charge in [-0.25, -0.2) is 0 Å². The normalized spacial score (nSPS) is 36.4. The first-order valence-corrected chi connectivity index (χ1v) is 11.2. The lowest BCUT2D eigenvalue weighted by atomic mass is 9.78. The first-order valence-electron chi connectivity index (χ1n) is 10.3. The minimum Gasteiger partial charge on any atom is -0.396 e. The van der Waals surface area contributed by atoms with Crippen LogP contribution in [0.3, 0.4) is 0 Å². The number of fused-ring (bicyclic) bond motifs is 2. The highest BCUT2D eigenvalue weighted by Crippen LogP contribution is 2.60. The molecule has 4 rings (SSSR count). The molecule has 2 fully saturated rings. The number of thioether (sulfide) groups is 1. The summed E-state index contributed by atoms with van der Waals surface area (Å²) in [5.41, 5.74) is 0. The molecule has 0 radical (unpaired) electrons. The number of aliphatic hydroxyl groups is 1. The third kappa shape index (κ3) is 2.94. The van der Waals surface area contributed by atoms with E-state index < -0.39 is 22.6 Å². The lowest BCUT2D eigenvalue weighted by Gasteiger charge is -2.36. The van der Waals surface area contributed by atoms with Crippen LogP contribution < -0.4 is 0 Å². The zero-order valence-corrected chi connectivity index (χ0v) is 18.0. The number of aliphatic hydroxyl groups excluding tert-OH is 1. The second kappa shape index (κ2) is 7.47. The van der Waals surface area contributed by atoms with Crippen molar-refractivity contribution in [2.75, 3.05) is 33.3 Å². The van der Waals surface area contributed by atoms with E-state index >= 15 is 0 Å². The van der Waals surface area contributed by atoms with E-state index in [1.807, 2.05) is 38.2 Å². The molecule has 0 bridgehead atoms. The largest absolute Gasteiger partial charge is 0.396 e. The molecule has 0 aliphatic carbocycles. The van der Waals surface area contributed by atoms with E-state index in [2.05, 4.69) is 0 Å². The van der Waals surface area contributed by atoms with Gasteiger partial charge in [-0.05, 0) is 20.3 Å². The summed E-state index contributed by atoms with van der Waals surface area (Å²) in [7, 11) is 1.76. The van der Waals surface area contributed by atoms with E-state index in [1.165, 1.54) is 0 Å². The number of amides is 3. The fourth-order valence-electron chi connectivity index (χ4n) is 5.23. The molecule has 0 aromatic rings. The average Bonchev–Trinajstić information content (AvgIpc) is 2.99. The van der Waals surface area contributed by atoms with Crippen molar-refractivity contribution in [1.29, 1.82) is 0 Å². The van der Waals surface area contributed by atoms with Crippen LogP contribution in [0.5, 0.6) is 0 Å². The molecule has 1 spiro atoms. The van der Waals surface area contributed by atoms with Gasteiger partial charge in [0.15, 0.2) is 0 Å². The topological polar surface area (TPSA) is 81.2 Å². The van der Waals surface area contributed by atoms with Crippen LogP contribution in [0.1, 0.15) is 20.3 Å². The van der Waals surface area contributed by atoms with Crippen molar-refractivity contribution in [3.05, 3.63) is 24.3 Å². The van der Waals surface area contributed by atoms with Gasteiger partial charge in [0, 0.05) is 44.6 Å². The standard InChI is InChI=1S/C21H29N3O4S/c1-13(2)23-10-5-8-21-16(15-14(29-21)7-4-9-22(3)18(15)26)19(27)24(11-6-12-25)17(21)20(23)28/h4-5,7-8,13-17,25H,6,9-12H2,1-3H3/t14-,15+,16-,17?,21-/m0/s1. The number of carbonyl (C=O) groups excluding carboxylic acids is 3. The van der Waals surface area contributed by atoms with Crippen LogP contribution in [-0.2, 0) is 14.4 Å². The van der Waals surface area contributed by atoms with Gasteiger partial charge in [0.05, 0.1) is 16.6 Å². The Hall–Kier alpha value is -1.80. The molecule has 1 N–H and O–H groups in total. The Balaban J connectivity index is 1.83. The monoisotopic (exact) mass is 419 g/mol. The molecule has 7 nitrogen and oxygen atoms in total. The van der Waals surface area contributed by atoms with Crippen LogP contribution in [0.25, 0.3) is 0 Å². The minimum atomic E-state index is -0.749.